The van der Waals surface area contributed by atoms with Crippen molar-refractivity contribution in [1.29, 1.82) is 0 Å². The number of halogens is 5. The van der Waals surface area contributed by atoms with Crippen LogP contribution >= 0.6 is 7.82 Å². The van der Waals surface area contributed by atoms with E-state index in [9.17, 15) is 26.5 Å². The highest BCUT2D eigenvalue weighted by Gasteiger charge is 2.81. The summed E-state index contributed by atoms with van der Waals surface area (Å²) in [5, 5.41) is 0. The van der Waals surface area contributed by atoms with Crippen molar-refractivity contribution >= 4 is 24.0 Å². The van der Waals surface area contributed by atoms with Crippen molar-refractivity contribution in [2.45, 2.75) is 56.2 Å². The minimum atomic E-state index is -5.80. The van der Waals surface area contributed by atoms with E-state index in [1.54, 1.807) is 0 Å². The van der Waals surface area contributed by atoms with Crippen LogP contribution in [0.5, 0.6) is 0 Å². The van der Waals surface area contributed by atoms with Crippen LogP contribution in [0.25, 0.3) is 0 Å². The van der Waals surface area contributed by atoms with Gasteiger partial charge in [-0.1, -0.05) is 39.3 Å². The van der Waals surface area contributed by atoms with Gasteiger partial charge in [0.1, 0.15) is 4.66 Å². The third-order valence-electron chi connectivity index (χ3n) is 3.35. The van der Waals surface area contributed by atoms with Gasteiger partial charge in [-0.15, -0.1) is 0 Å². The van der Waals surface area contributed by atoms with Crippen LogP contribution < -0.4 is 0 Å². The van der Waals surface area contributed by atoms with Crippen LogP contribution in [0, 0.1) is 0 Å². The minimum absolute atomic E-state index is 1.09. The molecule has 0 radical (unpaired) electrons. The molecule has 0 aromatic carbocycles. The van der Waals surface area contributed by atoms with Gasteiger partial charge >= 0.3 is 20.1 Å². The molecule has 0 heterocycles. The minimum Gasteiger partial charge on any atom is -0.303 e. The van der Waals surface area contributed by atoms with Crippen LogP contribution in [0.3, 0.4) is 0 Å². The normalized spacial score (nSPS) is 16.2. The topological polar surface area (TPSA) is 66.8 Å². The fraction of sp³-hybridized carbons (Fsp3) is 1.00. The summed E-state index contributed by atoms with van der Waals surface area (Å²) in [6.45, 7) is 6.56. The Hall–Kier alpha value is 0.194. The van der Waals surface area contributed by atoms with E-state index >= 15 is 0 Å². The van der Waals surface area contributed by atoms with Gasteiger partial charge in [0.15, 0.2) is 0 Å². The second-order valence-electron chi connectivity index (χ2n) is 6.85. The summed E-state index contributed by atoms with van der Waals surface area (Å²) in [5.41, 5.74) is 0. The van der Waals surface area contributed by atoms with Crippen molar-refractivity contribution in [3.63, 3.8) is 0 Å². The first-order valence-electron chi connectivity index (χ1n) is 5.91. The van der Waals surface area contributed by atoms with Crippen LogP contribution in [-0.2, 0) is 9.09 Å². The van der Waals surface area contributed by atoms with Gasteiger partial charge in [-0.3, -0.25) is 0 Å². The van der Waals surface area contributed by atoms with Gasteiger partial charge in [0, 0.05) is 0 Å². The number of phosphoric acid groups is 1. The molecule has 21 heavy (non-hydrogen) atoms. The first kappa shape index (κ1) is 21.2. The molecule has 0 aliphatic rings. The van der Waals surface area contributed by atoms with E-state index in [0.29, 0.717) is 0 Å². The third-order valence-corrected chi connectivity index (χ3v) is 14.0. The molecule has 12 heteroatoms. The molecule has 0 unspecified atom stereocenters. The van der Waals surface area contributed by atoms with Crippen molar-refractivity contribution in [3.8, 4) is 0 Å². The molecule has 0 atom stereocenters. The average molecular weight is 374 g/mol. The van der Waals surface area contributed by atoms with Crippen LogP contribution in [0.15, 0.2) is 0 Å². The lowest BCUT2D eigenvalue weighted by atomic mass is 10.3. The summed E-state index contributed by atoms with van der Waals surface area (Å²) in [7, 11) is -13.2. The van der Waals surface area contributed by atoms with Gasteiger partial charge in [-0.05, 0) is 0 Å². The fourth-order valence-electron chi connectivity index (χ4n) is 3.23. The Balaban J connectivity index is 6.64. The van der Waals surface area contributed by atoms with Crippen LogP contribution in [0.2, 0.25) is 43.9 Å². The maximum absolute atomic E-state index is 14.4. The number of rotatable bonds is 5. The zero-order chi connectivity index (χ0) is 17.7. The van der Waals surface area contributed by atoms with Gasteiger partial charge in [-0.2, -0.15) is 22.0 Å². The Kier molecular flexibility index (Phi) is 5.43. The Morgan fingerprint density at radius 3 is 1.29 bits per heavy atom. The van der Waals surface area contributed by atoms with Gasteiger partial charge in [0.05, 0.1) is 16.1 Å². The van der Waals surface area contributed by atoms with E-state index < -0.39 is 40.9 Å². The summed E-state index contributed by atoms with van der Waals surface area (Å²) in [4.78, 5) is 17.2. The summed E-state index contributed by atoms with van der Waals surface area (Å²) in [5.74, 6) is 0. The number of alkyl halides is 5. The highest BCUT2D eigenvalue weighted by Crippen LogP contribution is 2.68. The standard InChI is InChI=1S/C9H20F5O4PSi2/c1-20(2,3)7(8(10,11)12,21(4,5)6)9(13,14)18-19(15,16)17/h1-6H3,(H2,15,16,17). The van der Waals surface area contributed by atoms with Gasteiger partial charge < -0.3 is 9.79 Å². The zero-order valence-electron chi connectivity index (χ0n) is 12.5. The number of hydrogen-bond donors (Lipinski definition) is 2. The molecule has 0 aliphatic carbocycles. The van der Waals surface area contributed by atoms with Crippen molar-refractivity contribution in [1.82, 2.24) is 0 Å². The number of phosphoric ester groups is 1. The molecule has 0 spiro atoms. The monoisotopic (exact) mass is 374 g/mol. The summed E-state index contributed by atoms with van der Waals surface area (Å²) < 4.78 is 80.3. The Labute approximate surface area is 122 Å². The molecule has 0 aliphatic heterocycles. The molecule has 0 aromatic heterocycles. The molecule has 0 fully saturated rings. The predicted octanol–water partition coefficient (Wildman–Crippen LogP) is 4.21. The predicted molar refractivity (Wildman–Crippen MR) is 73.5 cm³/mol. The molecule has 0 amide bonds. The van der Waals surface area contributed by atoms with Crippen LogP contribution in [0.1, 0.15) is 0 Å². The second-order valence-corrected chi connectivity index (χ2v) is 19.0. The van der Waals surface area contributed by atoms with Gasteiger partial charge in [0.2, 0.25) is 0 Å². The van der Waals surface area contributed by atoms with Crippen molar-refractivity contribution in [3.05, 3.63) is 0 Å². The average Bonchev–Trinajstić information content (AvgIpc) is 1.84. The van der Waals surface area contributed by atoms with Crippen molar-refractivity contribution < 1.29 is 40.8 Å². The lowest BCUT2D eigenvalue weighted by Gasteiger charge is -2.54. The third kappa shape index (κ3) is 3.75. The van der Waals surface area contributed by atoms with Gasteiger partial charge in [-0.25, -0.2) is 9.09 Å². The summed E-state index contributed by atoms with van der Waals surface area (Å²) in [6.07, 6.45) is -10.4. The summed E-state index contributed by atoms with van der Waals surface area (Å²) >= 11 is 0. The first-order valence-corrected chi connectivity index (χ1v) is 14.4. The quantitative estimate of drug-likeness (QED) is 0.430. The van der Waals surface area contributed by atoms with E-state index in [2.05, 4.69) is 4.52 Å². The molecule has 0 aromatic rings. The lowest BCUT2D eigenvalue weighted by molar-refractivity contribution is -0.278. The zero-order valence-corrected chi connectivity index (χ0v) is 15.4. The Bertz CT molecular complexity index is 399. The van der Waals surface area contributed by atoms with Gasteiger partial charge in [0.25, 0.3) is 0 Å². The molecule has 0 saturated carbocycles. The van der Waals surface area contributed by atoms with Crippen molar-refractivity contribution in [2.75, 3.05) is 0 Å². The van der Waals surface area contributed by atoms with Crippen LogP contribution in [0.4, 0.5) is 22.0 Å². The fourth-order valence-corrected chi connectivity index (χ4v) is 16.4. The van der Waals surface area contributed by atoms with E-state index in [1.807, 2.05) is 0 Å². The molecule has 0 bridgehead atoms. The molecule has 2 N–H and O–H groups in total. The first-order chi connectivity index (χ1) is 8.71. The molecule has 0 rings (SSSR count). The Morgan fingerprint density at radius 1 is 0.857 bits per heavy atom. The Morgan fingerprint density at radius 2 is 1.14 bits per heavy atom. The lowest BCUT2D eigenvalue weighted by Crippen LogP contribution is -2.70. The smallest absolute Gasteiger partial charge is 0.303 e. The molecule has 128 valence electrons. The largest absolute Gasteiger partial charge is 0.474 e. The van der Waals surface area contributed by atoms with E-state index in [0.717, 1.165) is 39.3 Å². The molecule has 0 saturated heterocycles. The maximum Gasteiger partial charge on any atom is 0.474 e. The van der Waals surface area contributed by atoms with E-state index in [1.165, 1.54) is 0 Å². The van der Waals surface area contributed by atoms with E-state index in [4.69, 9.17) is 9.79 Å². The SMILES string of the molecule is C[Si](C)(C)C(C(F)(F)F)(C(F)(F)OP(=O)(O)O)[Si](C)(C)C. The highest BCUT2D eigenvalue weighted by molar-refractivity contribution is 7.46. The molecular formula is C9H20F5O4PSi2. The maximum atomic E-state index is 14.4. The molecular weight excluding hydrogens is 354 g/mol. The highest BCUT2D eigenvalue weighted by atomic mass is 31.2. The van der Waals surface area contributed by atoms with E-state index in [-0.39, 0.29) is 0 Å². The molecule has 4 nitrogen and oxygen atoms in total. The van der Waals surface area contributed by atoms with Crippen LogP contribution in [-0.4, -0.2) is 38.2 Å². The second kappa shape index (κ2) is 5.38. The summed E-state index contributed by atoms with van der Waals surface area (Å²) in [6, 6.07) is 0. The number of hydrogen-bond acceptors (Lipinski definition) is 2. The van der Waals surface area contributed by atoms with Crippen molar-refractivity contribution in [2.24, 2.45) is 0 Å².